The van der Waals surface area contributed by atoms with Crippen LogP contribution in [-0.4, -0.2) is 16.7 Å². The van der Waals surface area contributed by atoms with Gasteiger partial charge in [0.05, 0.1) is 0 Å². The van der Waals surface area contributed by atoms with Crippen molar-refractivity contribution in [2.75, 3.05) is 6.54 Å². The van der Waals surface area contributed by atoms with Crippen LogP contribution in [0.15, 0.2) is 32.9 Å². The zero-order valence-corrected chi connectivity index (χ0v) is 13.1. The van der Waals surface area contributed by atoms with Crippen molar-refractivity contribution in [1.29, 1.82) is 0 Å². The summed E-state index contributed by atoms with van der Waals surface area (Å²) in [7, 11) is 0. The maximum absolute atomic E-state index is 4.05. The van der Waals surface area contributed by atoms with E-state index in [0.29, 0.717) is 5.92 Å². The maximum atomic E-state index is 4.05. The van der Waals surface area contributed by atoms with Crippen molar-refractivity contribution in [1.82, 2.24) is 15.5 Å². The fraction of sp³-hybridized carbons (Fsp3) is 0.429. The van der Waals surface area contributed by atoms with Crippen LogP contribution >= 0.6 is 23.1 Å². The number of hydrogen-bond donors (Lipinski definition) is 1. The lowest BCUT2D eigenvalue weighted by Crippen LogP contribution is -2.19. The summed E-state index contributed by atoms with van der Waals surface area (Å²) in [6, 6.07) is 6.58. The molecule has 0 saturated heterocycles. The second kappa shape index (κ2) is 7.03. The third kappa shape index (κ3) is 4.60. The molecular weight excluding hydrogens is 274 g/mol. The van der Waals surface area contributed by atoms with Crippen LogP contribution in [0.3, 0.4) is 0 Å². The van der Waals surface area contributed by atoms with Gasteiger partial charge >= 0.3 is 0 Å². The fourth-order valence-electron chi connectivity index (χ4n) is 1.73. The molecule has 0 aliphatic carbocycles. The molecule has 0 aliphatic rings. The van der Waals surface area contributed by atoms with Crippen LogP contribution in [-0.2, 0) is 6.54 Å². The second-order valence-electron chi connectivity index (χ2n) is 4.92. The van der Waals surface area contributed by atoms with E-state index in [-0.39, 0.29) is 0 Å². The molecule has 0 radical (unpaired) electrons. The van der Waals surface area contributed by atoms with Crippen molar-refractivity contribution >= 4 is 23.1 Å². The second-order valence-corrected chi connectivity index (χ2v) is 7.07. The predicted octanol–water partition coefficient (Wildman–Crippen LogP) is 3.74. The largest absolute Gasteiger partial charge is 0.312 e. The topological polar surface area (TPSA) is 37.8 Å². The normalized spacial score (nSPS) is 11.2. The third-order valence-electron chi connectivity index (χ3n) is 2.73. The van der Waals surface area contributed by atoms with Gasteiger partial charge in [-0.2, -0.15) is 0 Å². The number of hydrogen-bond acceptors (Lipinski definition) is 5. The highest BCUT2D eigenvalue weighted by molar-refractivity contribution is 8.01. The molecule has 0 unspecified atom stereocenters. The predicted molar refractivity (Wildman–Crippen MR) is 81.8 cm³/mol. The molecule has 1 aromatic heterocycles. The van der Waals surface area contributed by atoms with Crippen molar-refractivity contribution in [2.24, 2.45) is 5.92 Å². The Morgan fingerprint density at radius 3 is 2.84 bits per heavy atom. The summed E-state index contributed by atoms with van der Waals surface area (Å²) in [4.78, 5) is 1.22. The van der Waals surface area contributed by atoms with Gasteiger partial charge in [0.25, 0.3) is 0 Å². The van der Waals surface area contributed by atoms with Crippen molar-refractivity contribution in [2.45, 2.75) is 36.6 Å². The van der Waals surface area contributed by atoms with Crippen molar-refractivity contribution < 1.29 is 0 Å². The quantitative estimate of drug-likeness (QED) is 0.880. The van der Waals surface area contributed by atoms with Crippen LogP contribution in [0.5, 0.6) is 0 Å². The Bertz CT molecular complexity index is 509. The number of aryl methyl sites for hydroxylation is 1. The maximum Gasteiger partial charge on any atom is 0.178 e. The molecule has 2 aromatic rings. The molecule has 5 heteroatoms. The molecule has 2 rings (SSSR count). The van der Waals surface area contributed by atoms with E-state index in [9.17, 15) is 0 Å². The molecule has 0 saturated carbocycles. The average Bonchev–Trinajstić information content (AvgIpc) is 2.84. The lowest BCUT2D eigenvalue weighted by atomic mass is 10.1. The molecule has 0 fully saturated rings. The Kier molecular flexibility index (Phi) is 5.36. The Hall–Kier alpha value is -0.910. The minimum atomic E-state index is 0.688. The number of benzene rings is 1. The number of aromatic nitrogens is 2. The first-order valence-corrected chi connectivity index (χ1v) is 8.09. The summed E-state index contributed by atoms with van der Waals surface area (Å²) in [5, 5.41) is 11.4. The summed E-state index contributed by atoms with van der Waals surface area (Å²) in [6.07, 6.45) is 0. The summed E-state index contributed by atoms with van der Waals surface area (Å²) in [6.45, 7) is 8.61. The lowest BCUT2D eigenvalue weighted by molar-refractivity contribution is 0.551. The zero-order chi connectivity index (χ0) is 13.7. The van der Waals surface area contributed by atoms with E-state index in [2.05, 4.69) is 54.5 Å². The van der Waals surface area contributed by atoms with Gasteiger partial charge in [0.15, 0.2) is 4.34 Å². The third-order valence-corrected chi connectivity index (χ3v) is 4.49. The molecule has 19 heavy (non-hydrogen) atoms. The zero-order valence-electron chi connectivity index (χ0n) is 11.5. The highest BCUT2D eigenvalue weighted by atomic mass is 32.2. The van der Waals surface area contributed by atoms with E-state index in [1.807, 2.05) is 0 Å². The van der Waals surface area contributed by atoms with E-state index in [1.54, 1.807) is 28.6 Å². The van der Waals surface area contributed by atoms with Gasteiger partial charge in [0, 0.05) is 11.4 Å². The first-order chi connectivity index (χ1) is 9.15. The molecular formula is C14H19N3S2. The summed E-state index contributed by atoms with van der Waals surface area (Å²) < 4.78 is 0.991. The molecule has 0 aliphatic heterocycles. The van der Waals surface area contributed by atoms with Crippen LogP contribution in [0.4, 0.5) is 0 Å². The highest BCUT2D eigenvalue weighted by Gasteiger charge is 2.04. The van der Waals surface area contributed by atoms with Gasteiger partial charge < -0.3 is 5.32 Å². The molecule has 0 atom stereocenters. The van der Waals surface area contributed by atoms with Gasteiger partial charge in [-0.05, 0) is 42.6 Å². The first-order valence-electron chi connectivity index (χ1n) is 6.39. The molecule has 1 aromatic carbocycles. The smallest absolute Gasteiger partial charge is 0.178 e. The molecule has 0 amide bonds. The van der Waals surface area contributed by atoms with Gasteiger partial charge in [0.1, 0.15) is 5.51 Å². The Morgan fingerprint density at radius 1 is 1.37 bits per heavy atom. The number of nitrogens with one attached hydrogen (secondary N) is 1. The average molecular weight is 293 g/mol. The van der Waals surface area contributed by atoms with Gasteiger partial charge in [-0.3, -0.25) is 0 Å². The van der Waals surface area contributed by atoms with E-state index < -0.39 is 0 Å². The highest BCUT2D eigenvalue weighted by Crippen LogP contribution is 2.29. The van der Waals surface area contributed by atoms with Crippen LogP contribution < -0.4 is 5.32 Å². The number of rotatable bonds is 6. The van der Waals surface area contributed by atoms with Crippen LogP contribution in [0, 0.1) is 12.8 Å². The number of nitrogens with zero attached hydrogens (tertiary/aromatic N) is 2. The lowest BCUT2D eigenvalue weighted by Gasteiger charge is -2.10. The van der Waals surface area contributed by atoms with Crippen LogP contribution in [0.2, 0.25) is 0 Å². The van der Waals surface area contributed by atoms with Crippen molar-refractivity contribution in [3.05, 3.63) is 34.8 Å². The van der Waals surface area contributed by atoms with E-state index in [0.717, 1.165) is 17.4 Å². The van der Waals surface area contributed by atoms with E-state index in [1.165, 1.54) is 16.0 Å². The summed E-state index contributed by atoms with van der Waals surface area (Å²) >= 11 is 3.24. The van der Waals surface area contributed by atoms with Crippen molar-refractivity contribution in [3.63, 3.8) is 0 Å². The van der Waals surface area contributed by atoms with Crippen LogP contribution in [0.1, 0.15) is 25.0 Å². The molecule has 0 spiro atoms. The Morgan fingerprint density at radius 2 is 2.21 bits per heavy atom. The molecule has 1 N–H and O–H groups in total. The molecule has 0 bridgehead atoms. The van der Waals surface area contributed by atoms with E-state index in [4.69, 9.17) is 0 Å². The van der Waals surface area contributed by atoms with E-state index >= 15 is 0 Å². The van der Waals surface area contributed by atoms with Gasteiger partial charge in [-0.25, -0.2) is 0 Å². The first kappa shape index (κ1) is 14.5. The van der Waals surface area contributed by atoms with Crippen molar-refractivity contribution in [3.8, 4) is 0 Å². The molecule has 102 valence electrons. The summed E-state index contributed by atoms with van der Waals surface area (Å²) in [5.41, 5.74) is 4.45. The fourth-order valence-corrected chi connectivity index (χ4v) is 3.28. The summed E-state index contributed by atoms with van der Waals surface area (Å²) in [5.74, 6) is 0.688. The minimum absolute atomic E-state index is 0.688. The Labute approximate surface area is 122 Å². The SMILES string of the molecule is Cc1cc(Sc2nncs2)ccc1CNCC(C)C. The van der Waals surface area contributed by atoms with Gasteiger partial charge in [0.2, 0.25) is 0 Å². The standard InChI is InChI=1S/C14H19N3S2/c1-10(2)7-15-8-12-4-5-13(6-11(12)3)19-14-17-16-9-18-14/h4-6,9-10,15H,7-8H2,1-3H3. The molecule has 1 heterocycles. The molecule has 3 nitrogen and oxygen atoms in total. The van der Waals surface area contributed by atoms with Gasteiger partial charge in [-0.15, -0.1) is 10.2 Å². The van der Waals surface area contributed by atoms with Gasteiger partial charge in [-0.1, -0.05) is 43.0 Å². The van der Waals surface area contributed by atoms with Crippen LogP contribution in [0.25, 0.3) is 0 Å². The monoisotopic (exact) mass is 293 g/mol. The Balaban J connectivity index is 1.96. The minimum Gasteiger partial charge on any atom is -0.312 e.